The molecule has 0 aliphatic carbocycles. The summed E-state index contributed by atoms with van der Waals surface area (Å²) in [6, 6.07) is 8.00. The predicted molar refractivity (Wildman–Crippen MR) is 110 cm³/mol. The highest BCUT2D eigenvalue weighted by atomic mass is 32.2. The molecule has 3 rings (SSSR count). The second kappa shape index (κ2) is 9.19. The zero-order valence-electron chi connectivity index (χ0n) is 16.1. The number of amides is 1. The van der Waals surface area contributed by atoms with Crippen molar-refractivity contribution in [1.29, 1.82) is 0 Å². The molecule has 1 amide bonds. The number of nitrogens with one attached hydrogen (secondary N) is 1. The smallest absolute Gasteiger partial charge is 0.224 e. The van der Waals surface area contributed by atoms with Gasteiger partial charge in [-0.25, -0.2) is 9.97 Å². The number of nitrogens with zero attached hydrogens (tertiary/aromatic N) is 3. The molecule has 0 spiro atoms. The SMILES string of the molecule is CSc1nc(C)c(CCC(=O)Nc2ccc(N3CCOCC3)cc2)c(C)n1. The molecule has 2 aromatic rings. The van der Waals surface area contributed by atoms with Crippen LogP contribution in [0.4, 0.5) is 11.4 Å². The third-order valence-electron chi connectivity index (χ3n) is 4.71. The van der Waals surface area contributed by atoms with E-state index in [4.69, 9.17) is 4.74 Å². The van der Waals surface area contributed by atoms with E-state index < -0.39 is 0 Å². The van der Waals surface area contributed by atoms with Crippen LogP contribution in [0.15, 0.2) is 29.4 Å². The minimum Gasteiger partial charge on any atom is -0.378 e. The summed E-state index contributed by atoms with van der Waals surface area (Å²) in [5, 5.41) is 3.75. The van der Waals surface area contributed by atoms with Crippen molar-refractivity contribution in [1.82, 2.24) is 9.97 Å². The van der Waals surface area contributed by atoms with E-state index in [9.17, 15) is 4.79 Å². The van der Waals surface area contributed by atoms with Crippen molar-refractivity contribution in [2.45, 2.75) is 31.8 Å². The average Bonchev–Trinajstić information content (AvgIpc) is 2.68. The quantitative estimate of drug-likeness (QED) is 0.607. The van der Waals surface area contributed by atoms with Crippen molar-refractivity contribution in [2.24, 2.45) is 0 Å². The summed E-state index contributed by atoms with van der Waals surface area (Å²) in [5.74, 6) is 0.00173. The molecule has 27 heavy (non-hydrogen) atoms. The van der Waals surface area contributed by atoms with Crippen molar-refractivity contribution in [3.05, 3.63) is 41.2 Å². The molecule has 1 aromatic heterocycles. The largest absolute Gasteiger partial charge is 0.378 e. The first-order valence-corrected chi connectivity index (χ1v) is 10.4. The number of ether oxygens (including phenoxy) is 1. The Balaban J connectivity index is 1.55. The number of carbonyl (C=O) groups is 1. The topological polar surface area (TPSA) is 67.4 Å². The van der Waals surface area contributed by atoms with Gasteiger partial charge < -0.3 is 15.0 Å². The van der Waals surface area contributed by atoms with E-state index in [1.807, 2.05) is 44.4 Å². The molecule has 6 nitrogen and oxygen atoms in total. The van der Waals surface area contributed by atoms with Crippen LogP contribution in [0, 0.1) is 13.8 Å². The highest BCUT2D eigenvalue weighted by Crippen LogP contribution is 2.20. The second-order valence-corrected chi connectivity index (χ2v) is 7.33. The molecule has 1 aliphatic rings. The number of carbonyl (C=O) groups excluding carboxylic acids is 1. The lowest BCUT2D eigenvalue weighted by atomic mass is 10.1. The molecular weight excluding hydrogens is 360 g/mol. The van der Waals surface area contributed by atoms with Gasteiger partial charge >= 0.3 is 0 Å². The maximum atomic E-state index is 12.3. The molecule has 1 aromatic carbocycles. The Morgan fingerprint density at radius 3 is 2.37 bits per heavy atom. The highest BCUT2D eigenvalue weighted by Gasteiger charge is 2.12. The third-order valence-corrected chi connectivity index (χ3v) is 5.26. The summed E-state index contributed by atoms with van der Waals surface area (Å²) in [6.45, 7) is 7.29. The van der Waals surface area contributed by atoms with E-state index in [1.165, 1.54) is 11.8 Å². The maximum Gasteiger partial charge on any atom is 0.224 e. The van der Waals surface area contributed by atoms with Crippen LogP contribution < -0.4 is 10.2 Å². The molecule has 7 heteroatoms. The van der Waals surface area contributed by atoms with Gasteiger partial charge in [-0.2, -0.15) is 0 Å². The molecule has 0 radical (unpaired) electrons. The summed E-state index contributed by atoms with van der Waals surface area (Å²) in [5.41, 5.74) is 4.95. The van der Waals surface area contributed by atoms with Crippen LogP contribution in [-0.2, 0) is 16.0 Å². The fourth-order valence-corrected chi connectivity index (χ4v) is 3.66. The van der Waals surface area contributed by atoms with Crippen LogP contribution in [0.5, 0.6) is 0 Å². The molecule has 1 saturated heterocycles. The van der Waals surface area contributed by atoms with Crippen LogP contribution in [0.1, 0.15) is 23.4 Å². The Morgan fingerprint density at radius 1 is 1.15 bits per heavy atom. The zero-order chi connectivity index (χ0) is 19.2. The van der Waals surface area contributed by atoms with Gasteiger partial charge in [0.25, 0.3) is 0 Å². The van der Waals surface area contributed by atoms with E-state index in [2.05, 4.69) is 20.2 Å². The Labute approximate surface area is 164 Å². The van der Waals surface area contributed by atoms with E-state index in [1.54, 1.807) is 0 Å². The van der Waals surface area contributed by atoms with Gasteiger partial charge in [0.05, 0.1) is 13.2 Å². The molecule has 1 aliphatic heterocycles. The number of hydrogen-bond donors (Lipinski definition) is 1. The summed E-state index contributed by atoms with van der Waals surface area (Å²) in [7, 11) is 0. The fraction of sp³-hybridized carbons (Fsp3) is 0.450. The summed E-state index contributed by atoms with van der Waals surface area (Å²) < 4.78 is 5.38. The second-order valence-electron chi connectivity index (χ2n) is 6.55. The van der Waals surface area contributed by atoms with Crippen LogP contribution in [0.2, 0.25) is 0 Å². The summed E-state index contributed by atoms with van der Waals surface area (Å²) >= 11 is 1.53. The van der Waals surface area contributed by atoms with Crippen molar-refractivity contribution >= 4 is 29.0 Å². The van der Waals surface area contributed by atoms with Gasteiger partial charge in [0.15, 0.2) is 5.16 Å². The van der Waals surface area contributed by atoms with Crippen LogP contribution in [-0.4, -0.2) is 48.4 Å². The Hall–Kier alpha value is -2.12. The van der Waals surface area contributed by atoms with Crippen LogP contribution in [0.3, 0.4) is 0 Å². The van der Waals surface area contributed by atoms with E-state index in [-0.39, 0.29) is 5.91 Å². The first-order valence-electron chi connectivity index (χ1n) is 9.17. The van der Waals surface area contributed by atoms with Crippen molar-refractivity contribution in [3.63, 3.8) is 0 Å². The van der Waals surface area contributed by atoms with Crippen molar-refractivity contribution < 1.29 is 9.53 Å². The monoisotopic (exact) mass is 386 g/mol. The standard InChI is InChI=1S/C20H26N4O2S/c1-14-18(15(2)22-20(21-14)27-3)8-9-19(25)23-16-4-6-17(7-5-16)24-10-12-26-13-11-24/h4-7H,8-13H2,1-3H3,(H,23,25). The number of rotatable bonds is 6. The van der Waals surface area contributed by atoms with Gasteiger partial charge in [-0.1, -0.05) is 11.8 Å². The van der Waals surface area contributed by atoms with E-state index in [0.29, 0.717) is 12.8 Å². The highest BCUT2D eigenvalue weighted by molar-refractivity contribution is 7.98. The lowest BCUT2D eigenvalue weighted by molar-refractivity contribution is -0.116. The maximum absolute atomic E-state index is 12.3. The lowest BCUT2D eigenvalue weighted by Crippen LogP contribution is -2.36. The van der Waals surface area contributed by atoms with Gasteiger partial charge in [-0.3, -0.25) is 4.79 Å². The molecule has 0 saturated carbocycles. The Morgan fingerprint density at radius 2 is 1.78 bits per heavy atom. The number of benzene rings is 1. The molecule has 0 bridgehead atoms. The van der Waals surface area contributed by atoms with Gasteiger partial charge in [0.1, 0.15) is 0 Å². The zero-order valence-corrected chi connectivity index (χ0v) is 16.9. The van der Waals surface area contributed by atoms with Crippen molar-refractivity contribution in [3.8, 4) is 0 Å². The van der Waals surface area contributed by atoms with E-state index >= 15 is 0 Å². The van der Waals surface area contributed by atoms with Gasteiger partial charge in [-0.05, 0) is 56.4 Å². The molecule has 0 atom stereocenters. The van der Waals surface area contributed by atoms with Gasteiger partial charge in [-0.15, -0.1) is 0 Å². The normalized spacial score (nSPS) is 14.3. The van der Waals surface area contributed by atoms with Crippen LogP contribution in [0.25, 0.3) is 0 Å². The Bertz CT molecular complexity index is 766. The molecule has 1 fully saturated rings. The first kappa shape index (κ1) is 19.6. The minimum atomic E-state index is 0.00173. The molecule has 0 unspecified atom stereocenters. The van der Waals surface area contributed by atoms with E-state index in [0.717, 1.165) is 59.8 Å². The fourth-order valence-electron chi connectivity index (χ4n) is 3.20. The number of aryl methyl sites for hydroxylation is 2. The average molecular weight is 387 g/mol. The Kier molecular flexibility index (Phi) is 6.68. The van der Waals surface area contributed by atoms with Crippen LogP contribution >= 0.6 is 11.8 Å². The summed E-state index contributed by atoms with van der Waals surface area (Å²) in [4.78, 5) is 23.6. The number of thioether (sulfide) groups is 1. The predicted octanol–water partition coefficient (Wildman–Crippen LogP) is 3.22. The first-order chi connectivity index (χ1) is 13.1. The molecule has 2 heterocycles. The van der Waals surface area contributed by atoms with Gasteiger partial charge in [0.2, 0.25) is 5.91 Å². The number of anilines is 2. The molecular formula is C20H26N4O2S. The number of hydrogen-bond acceptors (Lipinski definition) is 6. The molecule has 144 valence electrons. The van der Waals surface area contributed by atoms with Gasteiger partial charge in [0, 0.05) is 42.3 Å². The summed E-state index contributed by atoms with van der Waals surface area (Å²) in [6.07, 6.45) is 3.02. The molecule has 1 N–H and O–H groups in total. The third kappa shape index (κ3) is 5.20. The minimum absolute atomic E-state index is 0.00173. The lowest BCUT2D eigenvalue weighted by Gasteiger charge is -2.28. The number of aromatic nitrogens is 2. The van der Waals surface area contributed by atoms with Crippen molar-refractivity contribution in [2.75, 3.05) is 42.8 Å². The number of morpholine rings is 1.